The van der Waals surface area contributed by atoms with Gasteiger partial charge in [0.2, 0.25) is 0 Å². The van der Waals surface area contributed by atoms with Crippen LogP contribution in [0.15, 0.2) is 24.3 Å². The van der Waals surface area contributed by atoms with E-state index in [2.05, 4.69) is 50.4 Å². The summed E-state index contributed by atoms with van der Waals surface area (Å²) in [5.41, 5.74) is 2.36. The Hall–Kier alpha value is -0.950. The maximum Gasteiger partial charge on any atom is 0.264 e. The van der Waals surface area contributed by atoms with Gasteiger partial charge in [-0.05, 0) is 42.3 Å². The second-order valence-electron chi connectivity index (χ2n) is 8.42. The molecule has 148 valence electrons. The molecule has 0 heterocycles. The quantitative estimate of drug-likeness (QED) is 0.527. The fraction of sp³-hybridized carbons (Fsp3) is 0.700. The van der Waals surface area contributed by atoms with Crippen molar-refractivity contribution < 1.29 is 17.7 Å². The number of hydrogen-bond donors (Lipinski definition) is 2. The molecule has 0 aliphatic heterocycles. The van der Waals surface area contributed by atoms with Crippen molar-refractivity contribution >= 4 is 10.1 Å². The second-order valence-corrected chi connectivity index (χ2v) is 9.99. The summed E-state index contributed by atoms with van der Waals surface area (Å²) in [6.07, 6.45) is 4.57. The van der Waals surface area contributed by atoms with Gasteiger partial charge in [0.25, 0.3) is 10.1 Å². The maximum absolute atomic E-state index is 10.9. The molecule has 5 nitrogen and oxygen atoms in total. The van der Waals surface area contributed by atoms with Crippen LogP contribution in [0.1, 0.15) is 70.1 Å². The summed E-state index contributed by atoms with van der Waals surface area (Å²) in [4.78, 5) is 0. The molecule has 0 aromatic heterocycles. The molecule has 1 aliphatic carbocycles. The smallest absolute Gasteiger partial charge is 0.264 e. The SMILES string of the molecule is COC(c1ccc(C(C)(C)C)cc1)C1(NCCCS(=O)(=O)O)CCCC1. The molecule has 0 radical (unpaired) electrons. The Morgan fingerprint density at radius 1 is 1.19 bits per heavy atom. The van der Waals surface area contributed by atoms with Crippen LogP contribution < -0.4 is 5.32 Å². The van der Waals surface area contributed by atoms with Crippen LogP contribution in [0.25, 0.3) is 0 Å². The molecule has 6 heteroatoms. The average molecular weight is 384 g/mol. The third kappa shape index (κ3) is 5.52. The Labute approximate surface area is 158 Å². The summed E-state index contributed by atoms with van der Waals surface area (Å²) in [6.45, 7) is 7.14. The van der Waals surface area contributed by atoms with Crippen LogP contribution in [0.3, 0.4) is 0 Å². The van der Waals surface area contributed by atoms with Crippen molar-refractivity contribution in [1.82, 2.24) is 5.32 Å². The van der Waals surface area contributed by atoms with Gasteiger partial charge in [0.05, 0.1) is 5.75 Å². The molecule has 26 heavy (non-hydrogen) atoms. The van der Waals surface area contributed by atoms with Crippen LogP contribution in [0, 0.1) is 0 Å². The molecular weight excluding hydrogens is 350 g/mol. The van der Waals surface area contributed by atoms with Crippen LogP contribution in [0.2, 0.25) is 0 Å². The average Bonchev–Trinajstić information content (AvgIpc) is 3.01. The molecule has 1 fully saturated rings. The molecule has 0 amide bonds. The van der Waals surface area contributed by atoms with Gasteiger partial charge >= 0.3 is 0 Å². The molecule has 2 rings (SSSR count). The Bertz CT molecular complexity index is 671. The first-order valence-corrected chi connectivity index (χ1v) is 11.0. The fourth-order valence-corrected chi connectivity index (χ4v) is 4.48. The lowest BCUT2D eigenvalue weighted by molar-refractivity contribution is 0.0170. The predicted molar refractivity (Wildman–Crippen MR) is 105 cm³/mol. The van der Waals surface area contributed by atoms with Gasteiger partial charge in [-0.15, -0.1) is 0 Å². The first kappa shape index (κ1) is 21.4. The Balaban J connectivity index is 2.15. The van der Waals surface area contributed by atoms with E-state index in [-0.39, 0.29) is 22.8 Å². The standard InChI is InChI=1S/C20H33NO4S/c1-19(2,3)17-10-8-16(9-11-17)18(25-4)20(12-5-6-13-20)21-14-7-15-26(22,23)24/h8-11,18,21H,5-7,12-15H2,1-4H3,(H,22,23,24). The molecular formula is C20H33NO4S. The summed E-state index contributed by atoms with van der Waals surface area (Å²) in [7, 11) is -2.17. The van der Waals surface area contributed by atoms with Gasteiger partial charge in [0.15, 0.2) is 0 Å². The number of rotatable bonds is 8. The van der Waals surface area contributed by atoms with Gasteiger partial charge in [0, 0.05) is 12.6 Å². The number of benzene rings is 1. The van der Waals surface area contributed by atoms with Gasteiger partial charge in [-0.3, -0.25) is 4.55 Å². The van der Waals surface area contributed by atoms with E-state index in [4.69, 9.17) is 9.29 Å². The zero-order valence-electron chi connectivity index (χ0n) is 16.4. The largest absolute Gasteiger partial charge is 0.375 e. The highest BCUT2D eigenvalue weighted by atomic mass is 32.2. The van der Waals surface area contributed by atoms with E-state index in [1.807, 2.05) is 0 Å². The van der Waals surface area contributed by atoms with E-state index in [1.165, 1.54) is 5.56 Å². The zero-order valence-corrected chi connectivity index (χ0v) is 17.2. The molecule has 1 aromatic carbocycles. The summed E-state index contributed by atoms with van der Waals surface area (Å²) >= 11 is 0. The Morgan fingerprint density at radius 3 is 2.23 bits per heavy atom. The van der Waals surface area contributed by atoms with Gasteiger partial charge in [-0.25, -0.2) is 0 Å². The minimum atomic E-state index is -3.91. The van der Waals surface area contributed by atoms with Crippen LogP contribution in [0.5, 0.6) is 0 Å². The van der Waals surface area contributed by atoms with Crippen LogP contribution in [-0.2, 0) is 20.3 Å². The van der Waals surface area contributed by atoms with E-state index in [0.29, 0.717) is 13.0 Å². The van der Waals surface area contributed by atoms with Crippen LogP contribution in [-0.4, -0.2) is 37.9 Å². The van der Waals surface area contributed by atoms with Gasteiger partial charge in [-0.2, -0.15) is 8.42 Å². The highest BCUT2D eigenvalue weighted by Gasteiger charge is 2.42. The number of nitrogens with one attached hydrogen (secondary N) is 1. The van der Waals surface area contributed by atoms with Crippen molar-refractivity contribution in [2.45, 2.75) is 69.9 Å². The van der Waals surface area contributed by atoms with Crippen molar-refractivity contribution in [1.29, 1.82) is 0 Å². The Morgan fingerprint density at radius 2 is 1.77 bits per heavy atom. The number of hydrogen-bond acceptors (Lipinski definition) is 4. The van der Waals surface area contributed by atoms with E-state index in [1.54, 1.807) is 7.11 Å². The summed E-state index contributed by atoms with van der Waals surface area (Å²) in [5, 5.41) is 3.56. The first-order valence-electron chi connectivity index (χ1n) is 9.41. The lowest BCUT2D eigenvalue weighted by atomic mass is 9.82. The topological polar surface area (TPSA) is 75.6 Å². The number of ether oxygens (including phenoxy) is 1. The molecule has 1 atom stereocenters. The third-order valence-electron chi connectivity index (χ3n) is 5.37. The minimum Gasteiger partial charge on any atom is -0.375 e. The zero-order chi connectivity index (χ0) is 19.4. The van der Waals surface area contributed by atoms with E-state index in [0.717, 1.165) is 31.2 Å². The van der Waals surface area contributed by atoms with E-state index in [9.17, 15) is 8.42 Å². The van der Waals surface area contributed by atoms with Crippen molar-refractivity contribution in [3.05, 3.63) is 35.4 Å². The number of methoxy groups -OCH3 is 1. The molecule has 0 bridgehead atoms. The highest BCUT2D eigenvalue weighted by molar-refractivity contribution is 7.85. The molecule has 1 aromatic rings. The molecule has 0 spiro atoms. The van der Waals surface area contributed by atoms with Crippen molar-refractivity contribution in [3.8, 4) is 0 Å². The predicted octanol–water partition coefficient (Wildman–Crippen LogP) is 3.85. The molecule has 1 unspecified atom stereocenters. The van der Waals surface area contributed by atoms with E-state index < -0.39 is 10.1 Å². The highest BCUT2D eigenvalue weighted by Crippen LogP contribution is 2.42. The van der Waals surface area contributed by atoms with E-state index >= 15 is 0 Å². The maximum atomic E-state index is 10.9. The van der Waals surface area contributed by atoms with Crippen LogP contribution in [0.4, 0.5) is 0 Å². The van der Waals surface area contributed by atoms with Crippen molar-refractivity contribution in [2.75, 3.05) is 19.4 Å². The Kier molecular flexibility index (Phi) is 6.88. The molecule has 2 N–H and O–H groups in total. The summed E-state index contributed by atoms with van der Waals surface area (Å²) in [5.74, 6) is -0.214. The van der Waals surface area contributed by atoms with Gasteiger partial charge < -0.3 is 10.1 Å². The van der Waals surface area contributed by atoms with Crippen LogP contribution >= 0.6 is 0 Å². The first-order chi connectivity index (χ1) is 12.1. The molecule has 1 aliphatic rings. The van der Waals surface area contributed by atoms with Crippen molar-refractivity contribution in [2.24, 2.45) is 0 Å². The molecule has 0 saturated heterocycles. The summed E-state index contributed by atoms with van der Waals surface area (Å²) < 4.78 is 36.7. The lowest BCUT2D eigenvalue weighted by Crippen LogP contribution is -2.49. The summed E-state index contributed by atoms with van der Waals surface area (Å²) in [6, 6.07) is 8.63. The van der Waals surface area contributed by atoms with Crippen molar-refractivity contribution in [3.63, 3.8) is 0 Å². The monoisotopic (exact) mass is 383 g/mol. The fourth-order valence-electron chi connectivity index (χ4n) is 3.97. The second kappa shape index (κ2) is 8.38. The normalized spacial score (nSPS) is 18.8. The minimum absolute atomic E-state index is 0.0789. The third-order valence-corrected chi connectivity index (χ3v) is 6.17. The van der Waals surface area contributed by atoms with Gasteiger partial charge in [0.1, 0.15) is 6.10 Å². The molecule has 1 saturated carbocycles. The van der Waals surface area contributed by atoms with Gasteiger partial charge in [-0.1, -0.05) is 57.9 Å². The lowest BCUT2D eigenvalue weighted by Gasteiger charge is -2.38.